The molecule has 2 aromatic rings. The highest BCUT2D eigenvalue weighted by Crippen LogP contribution is 2.28. The Hall–Kier alpha value is -2.74. The Balaban J connectivity index is 1.37. The van der Waals surface area contributed by atoms with E-state index in [2.05, 4.69) is 10.2 Å². The van der Waals surface area contributed by atoms with Gasteiger partial charge in [-0.25, -0.2) is 0 Å². The van der Waals surface area contributed by atoms with Crippen LogP contribution in [0.5, 0.6) is 0 Å². The standard InChI is InChI=1S/C23H24ClN3O4/c24-19-8-4-3-7-18(19)20(26-11-13-31-14-12-26)15-25-21(28)9-10-27-22(29)16-5-1-2-6-17(16)23(27)30/h1-8,20H,9-15H2,(H,25,28). The number of hydrogen-bond donors (Lipinski definition) is 1. The van der Waals surface area contributed by atoms with Crippen molar-refractivity contribution in [2.45, 2.75) is 12.5 Å². The molecule has 0 radical (unpaired) electrons. The maximum atomic E-state index is 12.6. The molecule has 3 amide bonds. The molecule has 0 aliphatic carbocycles. The summed E-state index contributed by atoms with van der Waals surface area (Å²) in [7, 11) is 0. The van der Waals surface area contributed by atoms with Gasteiger partial charge in [-0.1, -0.05) is 41.9 Å². The molecule has 7 nitrogen and oxygen atoms in total. The van der Waals surface area contributed by atoms with E-state index >= 15 is 0 Å². The van der Waals surface area contributed by atoms with Crippen molar-refractivity contribution < 1.29 is 19.1 Å². The number of carbonyl (C=O) groups is 3. The van der Waals surface area contributed by atoms with E-state index in [9.17, 15) is 14.4 Å². The Bertz CT molecular complexity index is 955. The molecule has 2 heterocycles. The van der Waals surface area contributed by atoms with Crippen molar-refractivity contribution in [1.82, 2.24) is 15.1 Å². The molecule has 1 atom stereocenters. The van der Waals surface area contributed by atoms with E-state index in [4.69, 9.17) is 16.3 Å². The van der Waals surface area contributed by atoms with Crippen LogP contribution in [0.3, 0.4) is 0 Å². The number of amides is 3. The van der Waals surface area contributed by atoms with Crippen LogP contribution >= 0.6 is 11.6 Å². The number of fused-ring (bicyclic) bond motifs is 1. The van der Waals surface area contributed by atoms with Crippen LogP contribution in [-0.4, -0.2) is 66.9 Å². The van der Waals surface area contributed by atoms with Crippen LogP contribution in [0.2, 0.25) is 5.02 Å². The summed E-state index contributed by atoms with van der Waals surface area (Å²) >= 11 is 6.42. The van der Waals surface area contributed by atoms with Crippen LogP contribution < -0.4 is 5.32 Å². The van der Waals surface area contributed by atoms with Gasteiger partial charge in [-0.15, -0.1) is 0 Å². The van der Waals surface area contributed by atoms with Crippen molar-refractivity contribution in [3.8, 4) is 0 Å². The van der Waals surface area contributed by atoms with Gasteiger partial charge < -0.3 is 10.1 Å². The van der Waals surface area contributed by atoms with Gasteiger partial charge in [0.1, 0.15) is 0 Å². The molecule has 31 heavy (non-hydrogen) atoms. The van der Waals surface area contributed by atoms with E-state index in [0.717, 1.165) is 23.6 Å². The number of rotatable bonds is 7. The molecule has 162 valence electrons. The zero-order valence-corrected chi connectivity index (χ0v) is 17.8. The van der Waals surface area contributed by atoms with Crippen LogP contribution in [0, 0.1) is 0 Å². The quantitative estimate of drug-likeness (QED) is 0.668. The highest BCUT2D eigenvalue weighted by molar-refractivity contribution is 6.31. The molecule has 1 N–H and O–H groups in total. The fraction of sp³-hybridized carbons (Fsp3) is 0.348. The number of nitrogens with zero attached hydrogens (tertiary/aromatic N) is 2. The minimum atomic E-state index is -0.351. The minimum Gasteiger partial charge on any atom is -0.379 e. The smallest absolute Gasteiger partial charge is 0.261 e. The predicted octanol–water partition coefficient (Wildman–Crippen LogP) is 2.52. The largest absolute Gasteiger partial charge is 0.379 e. The summed E-state index contributed by atoms with van der Waals surface area (Å²) in [6.45, 7) is 3.20. The molecule has 8 heteroatoms. The molecule has 2 aliphatic rings. The summed E-state index contributed by atoms with van der Waals surface area (Å²) in [6.07, 6.45) is 0.0455. The summed E-state index contributed by atoms with van der Waals surface area (Å²) in [5.41, 5.74) is 1.73. The Labute approximate surface area is 185 Å². The lowest BCUT2D eigenvalue weighted by Crippen LogP contribution is -2.44. The second-order valence-corrected chi connectivity index (χ2v) is 7.95. The Morgan fingerprint density at radius 2 is 1.61 bits per heavy atom. The van der Waals surface area contributed by atoms with E-state index in [1.165, 1.54) is 0 Å². The lowest BCUT2D eigenvalue weighted by molar-refractivity contribution is -0.121. The predicted molar refractivity (Wildman–Crippen MR) is 116 cm³/mol. The van der Waals surface area contributed by atoms with E-state index in [0.29, 0.717) is 35.9 Å². The lowest BCUT2D eigenvalue weighted by Gasteiger charge is -2.35. The average molecular weight is 442 g/mol. The van der Waals surface area contributed by atoms with Gasteiger partial charge in [0.05, 0.1) is 30.4 Å². The highest BCUT2D eigenvalue weighted by Gasteiger charge is 2.35. The van der Waals surface area contributed by atoms with Gasteiger partial charge in [-0.3, -0.25) is 24.2 Å². The molecule has 2 aromatic carbocycles. The molecule has 4 rings (SSSR count). The van der Waals surface area contributed by atoms with Crippen LogP contribution in [0.25, 0.3) is 0 Å². The zero-order valence-electron chi connectivity index (χ0n) is 17.1. The molecule has 0 aromatic heterocycles. The monoisotopic (exact) mass is 441 g/mol. The summed E-state index contributed by atoms with van der Waals surface area (Å²) < 4.78 is 5.45. The molecule has 1 unspecified atom stereocenters. The van der Waals surface area contributed by atoms with Crippen molar-refractivity contribution in [2.24, 2.45) is 0 Å². The normalized spacial score (nSPS) is 17.5. The van der Waals surface area contributed by atoms with Gasteiger partial charge in [0.25, 0.3) is 11.8 Å². The third kappa shape index (κ3) is 4.63. The van der Waals surface area contributed by atoms with Crippen molar-refractivity contribution in [2.75, 3.05) is 39.4 Å². The first-order valence-corrected chi connectivity index (χ1v) is 10.7. The van der Waals surface area contributed by atoms with Crippen LogP contribution in [0.4, 0.5) is 0 Å². The maximum absolute atomic E-state index is 12.6. The second kappa shape index (κ2) is 9.60. The van der Waals surface area contributed by atoms with Crippen LogP contribution in [-0.2, 0) is 9.53 Å². The summed E-state index contributed by atoms with van der Waals surface area (Å²) in [4.78, 5) is 40.8. The Morgan fingerprint density at radius 3 is 2.26 bits per heavy atom. The third-order valence-corrected chi connectivity index (χ3v) is 6.03. The number of imide groups is 1. The molecular weight excluding hydrogens is 418 g/mol. The summed E-state index contributed by atoms with van der Waals surface area (Å²) in [5.74, 6) is -0.923. The molecule has 0 bridgehead atoms. The molecule has 0 spiro atoms. The zero-order chi connectivity index (χ0) is 21.8. The molecular formula is C23H24ClN3O4. The van der Waals surface area contributed by atoms with E-state index < -0.39 is 0 Å². The minimum absolute atomic E-state index is 0.0455. The number of hydrogen-bond acceptors (Lipinski definition) is 5. The van der Waals surface area contributed by atoms with Gasteiger partial charge in [-0.2, -0.15) is 0 Å². The van der Waals surface area contributed by atoms with Crippen molar-refractivity contribution >= 4 is 29.3 Å². The lowest BCUT2D eigenvalue weighted by atomic mass is 10.0. The van der Waals surface area contributed by atoms with Crippen LogP contribution in [0.15, 0.2) is 48.5 Å². The van der Waals surface area contributed by atoms with Gasteiger partial charge in [0, 0.05) is 37.6 Å². The summed E-state index contributed by atoms with van der Waals surface area (Å²) in [6, 6.07) is 14.2. The number of halogens is 1. The van der Waals surface area contributed by atoms with Gasteiger partial charge in [-0.05, 0) is 23.8 Å². The molecule has 0 saturated carbocycles. The average Bonchev–Trinajstić information content (AvgIpc) is 3.04. The van der Waals surface area contributed by atoms with Crippen molar-refractivity contribution in [3.63, 3.8) is 0 Å². The van der Waals surface area contributed by atoms with E-state index in [-0.39, 0.29) is 36.7 Å². The number of carbonyl (C=O) groups excluding carboxylic acids is 3. The van der Waals surface area contributed by atoms with Gasteiger partial charge in [0.15, 0.2) is 0 Å². The van der Waals surface area contributed by atoms with Crippen molar-refractivity contribution in [3.05, 3.63) is 70.2 Å². The first kappa shape index (κ1) is 21.5. The Kier molecular flexibility index (Phi) is 6.65. The number of ether oxygens (including phenoxy) is 1. The fourth-order valence-electron chi connectivity index (χ4n) is 4.02. The first-order chi connectivity index (χ1) is 15.1. The molecule has 1 saturated heterocycles. The Morgan fingerprint density at radius 1 is 1.00 bits per heavy atom. The maximum Gasteiger partial charge on any atom is 0.261 e. The number of morpholine rings is 1. The van der Waals surface area contributed by atoms with Gasteiger partial charge in [0.2, 0.25) is 5.91 Å². The van der Waals surface area contributed by atoms with Crippen molar-refractivity contribution in [1.29, 1.82) is 0 Å². The second-order valence-electron chi connectivity index (χ2n) is 7.55. The fourth-order valence-corrected chi connectivity index (χ4v) is 4.29. The van der Waals surface area contributed by atoms with Crippen LogP contribution in [0.1, 0.15) is 38.7 Å². The third-order valence-electron chi connectivity index (χ3n) is 5.68. The molecule has 2 aliphatic heterocycles. The van der Waals surface area contributed by atoms with E-state index in [1.807, 2.05) is 24.3 Å². The summed E-state index contributed by atoms with van der Waals surface area (Å²) in [5, 5.41) is 3.60. The first-order valence-electron chi connectivity index (χ1n) is 10.3. The van der Waals surface area contributed by atoms with E-state index in [1.54, 1.807) is 24.3 Å². The van der Waals surface area contributed by atoms with Gasteiger partial charge >= 0.3 is 0 Å². The SMILES string of the molecule is O=C(CCN1C(=O)c2ccccc2C1=O)NCC(c1ccccc1Cl)N1CCOCC1. The topological polar surface area (TPSA) is 79.0 Å². The number of benzene rings is 2. The highest BCUT2D eigenvalue weighted by atomic mass is 35.5. The molecule has 1 fully saturated rings. The number of nitrogens with one attached hydrogen (secondary N) is 1.